The fourth-order valence-corrected chi connectivity index (χ4v) is 11.2. The van der Waals surface area contributed by atoms with Gasteiger partial charge in [0.25, 0.3) is 0 Å². The molecule has 0 saturated carbocycles. The maximum Gasteiger partial charge on any atom is 0.434 e. The van der Waals surface area contributed by atoms with Crippen molar-refractivity contribution in [2.24, 2.45) is 0 Å². The third kappa shape index (κ3) is 5.47. The Morgan fingerprint density at radius 2 is 0.937 bits per heavy atom. The Morgan fingerprint density at radius 3 is 1.49 bits per heavy atom. The van der Waals surface area contributed by atoms with Gasteiger partial charge >= 0.3 is 20.5 Å². The fourth-order valence-electron chi connectivity index (χ4n) is 11.2. The van der Waals surface area contributed by atoms with Crippen LogP contribution in [0, 0.1) is 0 Å². The number of benzene rings is 6. The molecule has 12 heteroatoms. The molecule has 9 nitrogen and oxygen atoms in total. The zero-order chi connectivity index (χ0) is 42.3. The van der Waals surface area contributed by atoms with Crippen molar-refractivity contribution < 1.29 is 22.7 Å². The van der Waals surface area contributed by atoms with Gasteiger partial charge in [0.05, 0.1) is 24.1 Å². The van der Waals surface area contributed by atoms with Crippen molar-refractivity contribution in [3.8, 4) is 34.2 Å². The lowest BCUT2D eigenvalue weighted by molar-refractivity contribution is -0.551. The van der Waals surface area contributed by atoms with Crippen molar-refractivity contribution in [2.45, 2.75) is 78.9 Å². The van der Waals surface area contributed by atoms with Gasteiger partial charge in [-0.3, -0.25) is 0 Å². The second-order valence-corrected chi connectivity index (χ2v) is 17.6. The summed E-state index contributed by atoms with van der Waals surface area (Å²) >= 11 is 0. The van der Waals surface area contributed by atoms with Crippen molar-refractivity contribution in [1.29, 1.82) is 0 Å². The summed E-state index contributed by atoms with van der Waals surface area (Å²) in [6, 6.07) is 52.1. The summed E-state index contributed by atoms with van der Waals surface area (Å²) in [5.41, 5.74) is 12.7. The molecular formula is C51H51B3N6O3. The summed E-state index contributed by atoms with van der Waals surface area (Å²) in [4.78, 5) is 5.37. The van der Waals surface area contributed by atoms with E-state index in [0.717, 1.165) is 142 Å². The molecule has 6 aromatic carbocycles. The van der Waals surface area contributed by atoms with E-state index in [2.05, 4.69) is 189 Å². The van der Waals surface area contributed by atoms with Gasteiger partial charge in [0, 0.05) is 23.2 Å². The molecule has 312 valence electrons. The third-order valence-corrected chi connectivity index (χ3v) is 14.0. The second kappa shape index (κ2) is 15.0. The standard InChI is InChI=1S/C51H51B3N6O3/c1-4-7-34-56-44-29-17-16-28-43(44)55-49(56)37-22-10-13-25-40(37)52-61-53(41-26-14-11-23-38(41)50-57(35-8-5-2)45-30-18-20-32-47(45)59(50)53)63-54(62-52)42-27-15-12-24-39(42)51-58(36-9-6-3)46-31-19-21-33-48(46)60(51)54/h10-33H,4-9,34-36H2,1-3H3/t53-,54-/m1/s1. The van der Waals surface area contributed by atoms with Crippen LogP contribution in [0.3, 0.4) is 0 Å². The average Bonchev–Trinajstić information content (AvgIpc) is 4.10. The van der Waals surface area contributed by atoms with Gasteiger partial charge in [-0.15, -0.1) is 0 Å². The molecular weight excluding hydrogens is 777 g/mol. The Bertz CT molecular complexity index is 3100. The number of aryl methyl sites for hydroxylation is 3. The van der Waals surface area contributed by atoms with Crippen molar-refractivity contribution in [2.75, 3.05) is 0 Å². The molecule has 3 aliphatic heterocycles. The van der Waals surface area contributed by atoms with Gasteiger partial charge in [-0.1, -0.05) is 148 Å². The minimum absolute atomic E-state index is 0.853. The molecule has 63 heavy (non-hydrogen) atoms. The molecule has 0 bridgehead atoms. The minimum atomic E-state index is -2.51. The highest BCUT2D eigenvalue weighted by molar-refractivity contribution is 6.97. The molecule has 0 radical (unpaired) electrons. The fraction of sp³-hybridized carbons (Fsp3) is 0.235. The van der Waals surface area contributed by atoms with Crippen molar-refractivity contribution in [3.05, 3.63) is 146 Å². The van der Waals surface area contributed by atoms with Crippen LogP contribution in [-0.2, 0) is 33.3 Å². The van der Waals surface area contributed by atoms with E-state index >= 15 is 0 Å². The first kappa shape index (κ1) is 38.5. The van der Waals surface area contributed by atoms with Crippen molar-refractivity contribution in [3.63, 3.8) is 0 Å². The smallest absolute Gasteiger partial charge is 0.434 e. The Balaban J connectivity index is 1.18. The van der Waals surface area contributed by atoms with Crippen molar-refractivity contribution >= 4 is 70.0 Å². The van der Waals surface area contributed by atoms with E-state index in [1.807, 2.05) is 0 Å². The first-order chi connectivity index (χ1) is 31.1. The van der Waals surface area contributed by atoms with Crippen LogP contribution >= 0.6 is 0 Å². The van der Waals surface area contributed by atoms with Crippen molar-refractivity contribution in [1.82, 2.24) is 18.7 Å². The Labute approximate surface area is 368 Å². The van der Waals surface area contributed by atoms with E-state index in [0.29, 0.717) is 0 Å². The molecule has 0 N–H and O–H groups in total. The lowest BCUT2D eigenvalue weighted by atomic mass is 9.49. The van der Waals surface area contributed by atoms with E-state index in [-0.39, 0.29) is 0 Å². The highest BCUT2D eigenvalue weighted by atomic mass is 16.7. The molecule has 2 atom stereocenters. The highest BCUT2D eigenvalue weighted by Crippen LogP contribution is 2.40. The minimum Gasteiger partial charge on any atom is -0.689 e. The van der Waals surface area contributed by atoms with E-state index in [1.165, 1.54) is 0 Å². The summed E-state index contributed by atoms with van der Waals surface area (Å²) in [7, 11) is -0.872. The summed E-state index contributed by atoms with van der Waals surface area (Å²) in [6.45, 7) is 4.34. The number of unbranched alkanes of at least 4 members (excludes halogenated alkanes) is 3. The van der Waals surface area contributed by atoms with Gasteiger partial charge in [-0.05, 0) is 73.3 Å². The SMILES string of the molecule is CCCCn1c(-c2ccccc2B2O[B@@-]3(O[B@-]4(O2)c2ccccc2-c2n(CCCC)c5ccccc5[n+]24)c2ccccc2-c2n(CCCC)c4ccccc4[n+]23)nc2ccccc21. The Morgan fingerprint density at radius 1 is 0.492 bits per heavy atom. The van der Waals surface area contributed by atoms with Gasteiger partial charge < -0.3 is 27.2 Å². The van der Waals surface area contributed by atoms with Crippen LogP contribution in [-0.4, -0.2) is 39.2 Å². The normalized spacial score (nSPS) is 18.6. The van der Waals surface area contributed by atoms with Gasteiger partial charge in [-0.2, -0.15) is 0 Å². The average molecular weight is 828 g/mol. The number of nitrogens with zero attached hydrogens (tertiary/aromatic N) is 6. The first-order valence-corrected chi connectivity index (χ1v) is 23.3. The number of aromatic nitrogens is 6. The highest BCUT2D eigenvalue weighted by Gasteiger charge is 2.63. The van der Waals surface area contributed by atoms with Crippen LogP contribution in [0.5, 0.6) is 0 Å². The quantitative estimate of drug-likeness (QED) is 0.124. The van der Waals surface area contributed by atoms with Crippen LogP contribution in [0.4, 0.5) is 0 Å². The zero-order valence-electron chi connectivity index (χ0n) is 36.4. The predicted molar refractivity (Wildman–Crippen MR) is 255 cm³/mol. The molecule has 9 aromatic rings. The summed E-state index contributed by atoms with van der Waals surface area (Å²) in [5.74, 6) is 3.11. The Hall–Kier alpha value is -6.20. The number of hydrogen-bond donors (Lipinski definition) is 0. The van der Waals surface area contributed by atoms with Crippen LogP contribution in [0.15, 0.2) is 146 Å². The monoisotopic (exact) mass is 828 g/mol. The molecule has 12 rings (SSSR count). The van der Waals surface area contributed by atoms with E-state index in [4.69, 9.17) is 18.7 Å². The van der Waals surface area contributed by atoms with E-state index in [9.17, 15) is 0 Å². The number of fused-ring (bicyclic) bond motifs is 15. The molecule has 3 aliphatic rings. The molecule has 1 fully saturated rings. The van der Waals surface area contributed by atoms with E-state index in [1.54, 1.807) is 0 Å². The molecule has 2 spiro atoms. The van der Waals surface area contributed by atoms with Crippen LogP contribution < -0.4 is 25.3 Å². The van der Waals surface area contributed by atoms with Gasteiger partial charge in [-0.25, -0.2) is 14.1 Å². The number of para-hydroxylation sites is 6. The van der Waals surface area contributed by atoms with Crippen LogP contribution in [0.25, 0.3) is 67.3 Å². The van der Waals surface area contributed by atoms with Gasteiger partial charge in [0.2, 0.25) is 11.6 Å². The molecule has 0 unspecified atom stereocenters. The first-order valence-electron chi connectivity index (χ1n) is 23.3. The largest absolute Gasteiger partial charge is 0.689 e. The van der Waals surface area contributed by atoms with Crippen LogP contribution in [0.1, 0.15) is 59.3 Å². The third-order valence-electron chi connectivity index (χ3n) is 14.0. The Kier molecular flexibility index (Phi) is 9.14. The lowest BCUT2D eigenvalue weighted by Gasteiger charge is -2.57. The van der Waals surface area contributed by atoms with Crippen LogP contribution in [0.2, 0.25) is 0 Å². The zero-order valence-corrected chi connectivity index (χ0v) is 36.4. The summed E-state index contributed by atoms with van der Waals surface area (Å²) in [5, 5.41) is 0. The van der Waals surface area contributed by atoms with Gasteiger partial charge in [0.15, 0.2) is 11.0 Å². The second-order valence-electron chi connectivity index (χ2n) is 17.6. The molecule has 1 saturated heterocycles. The number of hydrogen-bond acceptors (Lipinski definition) is 4. The van der Waals surface area contributed by atoms with E-state index < -0.39 is 20.5 Å². The maximum absolute atomic E-state index is 8.22. The predicted octanol–water partition coefficient (Wildman–Crippen LogP) is 8.10. The molecule has 6 heterocycles. The topological polar surface area (TPSA) is 63.1 Å². The number of imidazole rings is 3. The van der Waals surface area contributed by atoms with Gasteiger partial charge in [0.1, 0.15) is 16.9 Å². The molecule has 0 aliphatic carbocycles. The summed E-state index contributed by atoms with van der Waals surface area (Å²) < 4.78 is 36.2. The summed E-state index contributed by atoms with van der Waals surface area (Å²) in [6.07, 6.45) is 6.37. The maximum atomic E-state index is 8.22. The molecule has 3 aromatic heterocycles. The number of rotatable bonds is 11. The lowest BCUT2D eigenvalue weighted by Crippen LogP contribution is -2.89. The molecule has 0 amide bonds.